The molecule has 0 N–H and O–H groups in total. The van der Waals surface area contributed by atoms with Crippen molar-refractivity contribution in [2.45, 2.75) is 52.0 Å². The summed E-state index contributed by atoms with van der Waals surface area (Å²) in [6.45, 7) is 5.41. The van der Waals surface area contributed by atoms with Crippen molar-refractivity contribution in [3.63, 3.8) is 0 Å². The highest BCUT2D eigenvalue weighted by Gasteiger charge is 2.24. The quantitative estimate of drug-likeness (QED) is 0.693. The van der Waals surface area contributed by atoms with Crippen LogP contribution in [0.5, 0.6) is 0 Å². The highest BCUT2D eigenvalue weighted by molar-refractivity contribution is 5.83. The Balaban J connectivity index is 2.41. The largest absolute Gasteiger partial charge is 0.298 e. The smallest absolute Gasteiger partial charge is 0.149 e. The van der Waals surface area contributed by atoms with Crippen LogP contribution < -0.4 is 0 Å². The zero-order valence-electron chi connectivity index (χ0n) is 10.4. The molecule has 0 bridgehead atoms. The van der Waals surface area contributed by atoms with Gasteiger partial charge >= 0.3 is 0 Å². The van der Waals surface area contributed by atoms with Crippen LogP contribution in [-0.4, -0.2) is 29.8 Å². The van der Waals surface area contributed by atoms with Gasteiger partial charge in [0.2, 0.25) is 0 Å². The first-order valence-electron chi connectivity index (χ1n) is 6.29. The summed E-state index contributed by atoms with van der Waals surface area (Å²) in [6.07, 6.45) is 5.06. The summed E-state index contributed by atoms with van der Waals surface area (Å²) in [5, 5.41) is 8.58. The molecule has 0 aromatic rings. The lowest BCUT2D eigenvalue weighted by molar-refractivity contribution is -0.124. The van der Waals surface area contributed by atoms with Gasteiger partial charge in [-0.05, 0) is 26.7 Å². The molecule has 0 saturated heterocycles. The summed E-state index contributed by atoms with van der Waals surface area (Å²) < 4.78 is 0. The summed E-state index contributed by atoms with van der Waals surface area (Å²) in [5.41, 5.74) is 0. The van der Waals surface area contributed by atoms with E-state index in [0.29, 0.717) is 37.3 Å². The van der Waals surface area contributed by atoms with Crippen molar-refractivity contribution < 1.29 is 4.79 Å². The molecule has 3 nitrogen and oxygen atoms in total. The van der Waals surface area contributed by atoms with Gasteiger partial charge in [-0.15, -0.1) is 0 Å². The predicted octanol–water partition coefficient (Wildman–Crippen LogP) is 2.37. The first kappa shape index (κ1) is 13.2. The maximum Gasteiger partial charge on any atom is 0.149 e. The van der Waals surface area contributed by atoms with E-state index in [2.05, 4.69) is 24.8 Å². The second-order valence-electron chi connectivity index (χ2n) is 4.92. The molecule has 0 unspecified atom stereocenters. The highest BCUT2D eigenvalue weighted by Crippen LogP contribution is 2.25. The monoisotopic (exact) mass is 222 g/mol. The van der Waals surface area contributed by atoms with Gasteiger partial charge in [0.1, 0.15) is 5.78 Å². The van der Waals surface area contributed by atoms with Crippen LogP contribution in [0.25, 0.3) is 0 Å². The molecular formula is C13H22N2O. The van der Waals surface area contributed by atoms with Crippen LogP contribution in [0.2, 0.25) is 0 Å². The van der Waals surface area contributed by atoms with Gasteiger partial charge in [-0.2, -0.15) is 5.26 Å². The third-order valence-corrected chi connectivity index (χ3v) is 3.41. The molecule has 0 amide bonds. The van der Waals surface area contributed by atoms with Crippen LogP contribution in [0.15, 0.2) is 0 Å². The minimum atomic E-state index is 0.295. The molecule has 0 radical (unpaired) electrons. The van der Waals surface area contributed by atoms with Crippen LogP contribution in [0.4, 0.5) is 0 Å². The van der Waals surface area contributed by atoms with Crippen LogP contribution in [0.3, 0.4) is 0 Å². The molecule has 0 atom stereocenters. The zero-order chi connectivity index (χ0) is 12.0. The number of nitrogens with zero attached hydrogens (tertiary/aromatic N) is 2. The lowest BCUT2D eigenvalue weighted by Gasteiger charge is -2.25. The molecule has 1 saturated carbocycles. The van der Waals surface area contributed by atoms with Crippen molar-refractivity contribution in [2.75, 3.05) is 13.1 Å². The van der Waals surface area contributed by atoms with Gasteiger partial charge in [0.05, 0.1) is 12.6 Å². The SMILES string of the molecule is CC(C)N(CCC#N)CC(=O)C1CCCC1. The van der Waals surface area contributed by atoms with Crippen molar-refractivity contribution in [1.82, 2.24) is 4.90 Å². The fraction of sp³-hybridized carbons (Fsp3) is 0.846. The van der Waals surface area contributed by atoms with E-state index in [1.54, 1.807) is 0 Å². The van der Waals surface area contributed by atoms with Gasteiger partial charge in [-0.1, -0.05) is 12.8 Å². The molecule has 16 heavy (non-hydrogen) atoms. The second kappa shape index (κ2) is 6.65. The highest BCUT2D eigenvalue weighted by atomic mass is 16.1. The Morgan fingerprint density at radius 2 is 2.06 bits per heavy atom. The summed E-state index contributed by atoms with van der Waals surface area (Å²) >= 11 is 0. The molecule has 90 valence electrons. The maximum absolute atomic E-state index is 12.0. The Morgan fingerprint density at radius 1 is 1.44 bits per heavy atom. The average Bonchev–Trinajstić information content (AvgIpc) is 2.76. The Bertz CT molecular complexity index is 262. The third-order valence-electron chi connectivity index (χ3n) is 3.41. The van der Waals surface area contributed by atoms with Crippen LogP contribution in [0.1, 0.15) is 46.0 Å². The van der Waals surface area contributed by atoms with Crippen molar-refractivity contribution in [3.8, 4) is 6.07 Å². The van der Waals surface area contributed by atoms with E-state index in [9.17, 15) is 4.79 Å². The molecule has 1 fully saturated rings. The van der Waals surface area contributed by atoms with Gasteiger partial charge < -0.3 is 0 Å². The minimum Gasteiger partial charge on any atom is -0.298 e. The topological polar surface area (TPSA) is 44.1 Å². The molecule has 1 aliphatic carbocycles. The van der Waals surface area contributed by atoms with Gasteiger partial charge in [-0.25, -0.2) is 0 Å². The van der Waals surface area contributed by atoms with E-state index < -0.39 is 0 Å². The second-order valence-corrected chi connectivity index (χ2v) is 4.92. The third kappa shape index (κ3) is 3.94. The summed E-state index contributed by atoms with van der Waals surface area (Å²) in [6, 6.07) is 2.49. The molecular weight excluding hydrogens is 200 g/mol. The van der Waals surface area contributed by atoms with E-state index >= 15 is 0 Å². The van der Waals surface area contributed by atoms with Gasteiger partial charge in [0.25, 0.3) is 0 Å². The average molecular weight is 222 g/mol. The summed E-state index contributed by atoms with van der Waals surface area (Å²) in [7, 11) is 0. The fourth-order valence-electron chi connectivity index (χ4n) is 2.29. The maximum atomic E-state index is 12.0. The van der Waals surface area contributed by atoms with E-state index in [0.717, 1.165) is 12.8 Å². The van der Waals surface area contributed by atoms with E-state index in [1.165, 1.54) is 12.8 Å². The Kier molecular flexibility index (Phi) is 5.48. The Labute approximate surface area is 98.4 Å². The fourth-order valence-corrected chi connectivity index (χ4v) is 2.29. The van der Waals surface area contributed by atoms with E-state index in [1.807, 2.05) is 0 Å². The molecule has 0 aromatic heterocycles. The van der Waals surface area contributed by atoms with Crippen molar-refractivity contribution in [2.24, 2.45) is 5.92 Å². The van der Waals surface area contributed by atoms with Crippen molar-refractivity contribution >= 4 is 5.78 Å². The normalized spacial score (nSPS) is 16.9. The van der Waals surface area contributed by atoms with Crippen molar-refractivity contribution in [3.05, 3.63) is 0 Å². The standard InChI is InChI=1S/C13H22N2O/c1-11(2)15(9-5-8-14)10-13(16)12-6-3-4-7-12/h11-12H,3-7,9-10H2,1-2H3. The minimum absolute atomic E-state index is 0.295. The lowest BCUT2D eigenvalue weighted by Crippen LogP contribution is -2.38. The number of carbonyl (C=O) groups excluding carboxylic acids is 1. The molecule has 0 heterocycles. The Morgan fingerprint density at radius 3 is 2.56 bits per heavy atom. The number of nitriles is 1. The number of rotatable bonds is 6. The first-order chi connectivity index (χ1) is 7.65. The molecule has 1 rings (SSSR count). The van der Waals surface area contributed by atoms with Gasteiger partial charge in [-0.3, -0.25) is 9.69 Å². The lowest BCUT2D eigenvalue weighted by atomic mass is 10.0. The van der Waals surface area contributed by atoms with Crippen LogP contribution in [-0.2, 0) is 4.79 Å². The molecule has 0 spiro atoms. The van der Waals surface area contributed by atoms with E-state index in [-0.39, 0.29) is 0 Å². The number of ketones is 1. The predicted molar refractivity (Wildman–Crippen MR) is 63.9 cm³/mol. The summed E-state index contributed by atoms with van der Waals surface area (Å²) in [5.74, 6) is 0.674. The number of Topliss-reactive ketones (excluding diaryl/α,β-unsaturated/α-hetero) is 1. The number of carbonyl (C=O) groups is 1. The number of hydrogen-bond acceptors (Lipinski definition) is 3. The molecule has 0 aliphatic heterocycles. The molecule has 3 heteroatoms. The molecule has 1 aliphatic rings. The van der Waals surface area contributed by atoms with Gasteiger partial charge in [0.15, 0.2) is 0 Å². The first-order valence-corrected chi connectivity index (χ1v) is 6.29. The van der Waals surface area contributed by atoms with Crippen LogP contribution in [0, 0.1) is 17.2 Å². The summed E-state index contributed by atoms with van der Waals surface area (Å²) in [4.78, 5) is 14.1. The van der Waals surface area contributed by atoms with Gasteiger partial charge in [0, 0.05) is 24.9 Å². The van der Waals surface area contributed by atoms with Crippen LogP contribution >= 0.6 is 0 Å². The Hall–Kier alpha value is -0.880. The number of hydrogen-bond donors (Lipinski definition) is 0. The van der Waals surface area contributed by atoms with Crippen molar-refractivity contribution in [1.29, 1.82) is 5.26 Å². The van der Waals surface area contributed by atoms with E-state index in [4.69, 9.17) is 5.26 Å². The molecule has 0 aromatic carbocycles. The zero-order valence-corrected chi connectivity index (χ0v) is 10.4.